The van der Waals surface area contributed by atoms with Gasteiger partial charge >= 0.3 is 5.97 Å². The number of rotatable bonds is 10. The van der Waals surface area contributed by atoms with Crippen LogP contribution in [0.25, 0.3) is 0 Å². The Labute approximate surface area is 104 Å². The Morgan fingerprint density at radius 2 is 2.06 bits per heavy atom. The number of hydrogen-bond acceptors (Lipinski definition) is 4. The van der Waals surface area contributed by atoms with Gasteiger partial charge in [-0.05, 0) is 39.3 Å². The van der Waals surface area contributed by atoms with Crippen LogP contribution in [-0.4, -0.2) is 54.9 Å². The Kier molecular flexibility index (Phi) is 8.12. The Bertz CT molecular complexity index is 220. The van der Waals surface area contributed by atoms with E-state index >= 15 is 0 Å². The molecule has 1 atom stereocenters. The highest BCUT2D eigenvalue weighted by Gasteiger charge is 2.26. The van der Waals surface area contributed by atoms with Crippen LogP contribution in [0.1, 0.15) is 33.1 Å². The zero-order valence-corrected chi connectivity index (χ0v) is 11.2. The third-order valence-electron chi connectivity index (χ3n) is 2.97. The first-order valence-corrected chi connectivity index (χ1v) is 6.17. The molecule has 0 aliphatic heterocycles. The Morgan fingerprint density at radius 3 is 2.53 bits per heavy atom. The number of carboxylic acid groups (broad SMARTS) is 1. The lowest BCUT2D eigenvalue weighted by molar-refractivity contribution is -0.142. The molecule has 17 heavy (non-hydrogen) atoms. The van der Waals surface area contributed by atoms with E-state index in [4.69, 9.17) is 15.6 Å². The summed E-state index contributed by atoms with van der Waals surface area (Å²) < 4.78 is 5.03. The average Bonchev–Trinajstić information content (AvgIpc) is 2.28. The van der Waals surface area contributed by atoms with E-state index in [-0.39, 0.29) is 0 Å². The average molecular weight is 246 g/mol. The highest BCUT2D eigenvalue weighted by atomic mass is 16.5. The lowest BCUT2D eigenvalue weighted by atomic mass is 9.96. The smallest absolute Gasteiger partial charge is 0.323 e. The summed E-state index contributed by atoms with van der Waals surface area (Å²) in [5.74, 6) is -0.927. The van der Waals surface area contributed by atoms with Crippen molar-refractivity contribution < 1.29 is 14.6 Å². The molecule has 0 saturated carbocycles. The molecule has 0 radical (unpaired) electrons. The highest BCUT2D eigenvalue weighted by molar-refractivity contribution is 5.77. The molecule has 0 amide bonds. The summed E-state index contributed by atoms with van der Waals surface area (Å²) in [7, 11) is 1.69. The fourth-order valence-corrected chi connectivity index (χ4v) is 1.58. The Balaban J connectivity index is 3.71. The molecule has 5 nitrogen and oxygen atoms in total. The monoisotopic (exact) mass is 246 g/mol. The molecule has 102 valence electrons. The van der Waals surface area contributed by atoms with Gasteiger partial charge in [0.1, 0.15) is 5.54 Å². The van der Waals surface area contributed by atoms with E-state index in [1.807, 2.05) is 0 Å². The van der Waals surface area contributed by atoms with E-state index in [0.29, 0.717) is 6.42 Å². The molecule has 0 aliphatic carbocycles. The lowest BCUT2D eigenvalue weighted by Crippen LogP contribution is -2.44. The van der Waals surface area contributed by atoms with Gasteiger partial charge in [-0.15, -0.1) is 0 Å². The zero-order chi connectivity index (χ0) is 13.3. The molecule has 0 rings (SSSR count). The SMILES string of the molecule is CCN(CCCCC(C)(N)C(=O)O)CCOC. The normalized spacial score (nSPS) is 14.9. The van der Waals surface area contributed by atoms with Crippen LogP contribution in [-0.2, 0) is 9.53 Å². The summed E-state index contributed by atoms with van der Waals surface area (Å²) in [6.45, 7) is 7.29. The van der Waals surface area contributed by atoms with Crippen LogP contribution in [0, 0.1) is 0 Å². The van der Waals surface area contributed by atoms with E-state index < -0.39 is 11.5 Å². The quantitative estimate of drug-likeness (QED) is 0.561. The number of carbonyl (C=O) groups is 1. The first kappa shape index (κ1) is 16.4. The fourth-order valence-electron chi connectivity index (χ4n) is 1.58. The van der Waals surface area contributed by atoms with Gasteiger partial charge < -0.3 is 20.5 Å². The van der Waals surface area contributed by atoms with E-state index in [9.17, 15) is 4.79 Å². The Morgan fingerprint density at radius 1 is 1.41 bits per heavy atom. The molecule has 0 aromatic heterocycles. The van der Waals surface area contributed by atoms with Crippen molar-refractivity contribution >= 4 is 5.97 Å². The number of likely N-dealkylation sites (N-methyl/N-ethyl adjacent to an activating group) is 1. The predicted molar refractivity (Wildman–Crippen MR) is 68.1 cm³/mol. The second-order valence-electron chi connectivity index (χ2n) is 4.61. The number of hydrogen-bond donors (Lipinski definition) is 2. The van der Waals surface area contributed by atoms with Crippen molar-refractivity contribution in [1.82, 2.24) is 4.90 Å². The summed E-state index contributed by atoms with van der Waals surface area (Å²) in [5.41, 5.74) is 4.56. The van der Waals surface area contributed by atoms with Gasteiger partial charge in [0, 0.05) is 13.7 Å². The van der Waals surface area contributed by atoms with Gasteiger partial charge in [-0.3, -0.25) is 4.79 Å². The van der Waals surface area contributed by atoms with Crippen molar-refractivity contribution in [1.29, 1.82) is 0 Å². The maximum absolute atomic E-state index is 10.8. The summed E-state index contributed by atoms with van der Waals surface area (Å²) in [6, 6.07) is 0. The summed E-state index contributed by atoms with van der Waals surface area (Å²) in [5, 5.41) is 8.86. The highest BCUT2D eigenvalue weighted by Crippen LogP contribution is 2.11. The van der Waals surface area contributed by atoms with Crippen LogP contribution in [0.5, 0.6) is 0 Å². The molecular formula is C12H26N2O3. The van der Waals surface area contributed by atoms with Gasteiger partial charge in [0.25, 0.3) is 0 Å². The van der Waals surface area contributed by atoms with Crippen molar-refractivity contribution in [3.05, 3.63) is 0 Å². The van der Waals surface area contributed by atoms with Gasteiger partial charge in [-0.2, -0.15) is 0 Å². The maximum atomic E-state index is 10.8. The minimum Gasteiger partial charge on any atom is -0.480 e. The number of unbranched alkanes of at least 4 members (excludes halogenated alkanes) is 1. The van der Waals surface area contributed by atoms with E-state index in [2.05, 4.69) is 11.8 Å². The third-order valence-corrected chi connectivity index (χ3v) is 2.97. The summed E-state index contributed by atoms with van der Waals surface area (Å²) >= 11 is 0. The van der Waals surface area contributed by atoms with E-state index in [1.165, 1.54) is 0 Å². The molecule has 0 bridgehead atoms. The number of carboxylic acids is 1. The molecule has 0 aromatic carbocycles. The van der Waals surface area contributed by atoms with Gasteiger partial charge in [0.05, 0.1) is 6.61 Å². The van der Waals surface area contributed by atoms with Crippen LogP contribution >= 0.6 is 0 Å². The van der Waals surface area contributed by atoms with E-state index in [0.717, 1.165) is 39.1 Å². The van der Waals surface area contributed by atoms with Gasteiger partial charge in [-0.1, -0.05) is 6.92 Å². The number of methoxy groups -OCH3 is 1. The zero-order valence-electron chi connectivity index (χ0n) is 11.2. The number of ether oxygens (including phenoxy) is 1. The van der Waals surface area contributed by atoms with Gasteiger partial charge in [0.15, 0.2) is 0 Å². The number of nitrogens with two attached hydrogens (primary N) is 1. The van der Waals surface area contributed by atoms with Gasteiger partial charge in [0.2, 0.25) is 0 Å². The van der Waals surface area contributed by atoms with Crippen LogP contribution < -0.4 is 5.73 Å². The maximum Gasteiger partial charge on any atom is 0.323 e. The molecule has 0 spiro atoms. The minimum absolute atomic E-state index is 0.518. The standard InChI is InChI=1S/C12H26N2O3/c1-4-14(9-10-17-3)8-6-5-7-12(2,13)11(15)16/h4-10,13H2,1-3H3,(H,15,16). The van der Waals surface area contributed by atoms with Crippen molar-refractivity contribution in [3.63, 3.8) is 0 Å². The number of nitrogens with zero attached hydrogens (tertiary/aromatic N) is 1. The van der Waals surface area contributed by atoms with E-state index in [1.54, 1.807) is 14.0 Å². The molecule has 0 aromatic rings. The van der Waals surface area contributed by atoms with Crippen molar-refractivity contribution in [2.75, 3.05) is 33.4 Å². The van der Waals surface area contributed by atoms with Crippen molar-refractivity contribution in [3.8, 4) is 0 Å². The van der Waals surface area contributed by atoms with Crippen LogP contribution in [0.15, 0.2) is 0 Å². The molecule has 1 unspecified atom stereocenters. The second kappa shape index (κ2) is 8.44. The molecule has 0 aliphatic rings. The van der Waals surface area contributed by atoms with Crippen molar-refractivity contribution in [2.45, 2.75) is 38.6 Å². The molecule has 0 saturated heterocycles. The molecule has 0 fully saturated rings. The van der Waals surface area contributed by atoms with Crippen molar-refractivity contribution in [2.24, 2.45) is 5.73 Å². The minimum atomic E-state index is -1.09. The van der Waals surface area contributed by atoms with Gasteiger partial charge in [-0.25, -0.2) is 0 Å². The first-order chi connectivity index (χ1) is 7.94. The molecule has 3 N–H and O–H groups in total. The van der Waals surface area contributed by atoms with Crippen LogP contribution in [0.2, 0.25) is 0 Å². The second-order valence-corrected chi connectivity index (χ2v) is 4.61. The fraction of sp³-hybridized carbons (Fsp3) is 0.917. The van der Waals surface area contributed by atoms with Crippen LogP contribution in [0.4, 0.5) is 0 Å². The predicted octanol–water partition coefficient (Wildman–Crippen LogP) is 0.927. The first-order valence-electron chi connectivity index (χ1n) is 6.17. The molecule has 0 heterocycles. The third kappa shape index (κ3) is 7.31. The molecular weight excluding hydrogens is 220 g/mol. The molecule has 5 heteroatoms. The lowest BCUT2D eigenvalue weighted by Gasteiger charge is -2.22. The summed E-state index contributed by atoms with van der Waals surface area (Å²) in [6.07, 6.45) is 2.32. The number of aliphatic carboxylic acids is 1. The Hall–Kier alpha value is -0.650. The van der Waals surface area contributed by atoms with Crippen LogP contribution in [0.3, 0.4) is 0 Å². The summed E-state index contributed by atoms with van der Waals surface area (Å²) in [4.78, 5) is 13.1. The largest absolute Gasteiger partial charge is 0.480 e. The topological polar surface area (TPSA) is 75.8 Å².